The molecule has 2 amide bonds. The molecule has 2 heterocycles. The van der Waals surface area contributed by atoms with Gasteiger partial charge in [0, 0.05) is 43.0 Å². The molecule has 0 bridgehead atoms. The fourth-order valence-electron chi connectivity index (χ4n) is 5.91. The Morgan fingerprint density at radius 2 is 1.85 bits per heavy atom. The van der Waals surface area contributed by atoms with Gasteiger partial charge in [0.15, 0.2) is 6.04 Å². The van der Waals surface area contributed by atoms with Crippen LogP contribution in [-0.2, 0) is 45.7 Å². The molecule has 2 aliphatic rings. The predicted octanol–water partition coefficient (Wildman–Crippen LogP) is 2.18. The Kier molecular flexibility index (Phi) is 21.3. The molecule has 3 rings (SSSR count). The zero-order valence-corrected chi connectivity index (χ0v) is 31.7. The molecule has 18 heteroatoms. The van der Waals surface area contributed by atoms with Crippen LogP contribution in [0.4, 0.5) is 0 Å². The summed E-state index contributed by atoms with van der Waals surface area (Å²) in [5, 5.41) is 66.7. The van der Waals surface area contributed by atoms with Crippen LogP contribution in [0.15, 0.2) is 41.4 Å². The summed E-state index contributed by atoms with van der Waals surface area (Å²) in [5.41, 5.74) is 0.315. The molecule has 0 aliphatic carbocycles. The second-order valence-electron chi connectivity index (χ2n) is 13.4. The first-order valence-corrected chi connectivity index (χ1v) is 18.3. The first-order valence-electron chi connectivity index (χ1n) is 18.3. The number of phenolic OH excluding ortho intramolecular Hbond substituents is 1. The number of allylic oxidation sites excluding steroid dienone is 1. The summed E-state index contributed by atoms with van der Waals surface area (Å²) in [6, 6.07) is 3.42. The van der Waals surface area contributed by atoms with Gasteiger partial charge >= 0.3 is 11.9 Å². The minimum Gasteiger partial charge on any atom is -0.507 e. The number of amides is 2. The van der Waals surface area contributed by atoms with Gasteiger partial charge in [0.05, 0.1) is 11.6 Å². The van der Waals surface area contributed by atoms with Crippen molar-refractivity contribution in [2.45, 2.75) is 127 Å². The van der Waals surface area contributed by atoms with Crippen LogP contribution >= 0.6 is 0 Å². The number of ether oxygens (including phenoxy) is 2. The number of carbonyl (C=O) groups excluding carboxylic acids is 3. The number of unbranched alkanes of at least 4 members (excludes halogenated alkanes) is 5. The number of carbonyl (C=O) groups is 4. The smallest absolute Gasteiger partial charge is 0.328 e. The van der Waals surface area contributed by atoms with Crippen molar-refractivity contribution in [3.63, 3.8) is 0 Å². The van der Waals surface area contributed by atoms with Crippen LogP contribution in [0.1, 0.15) is 96.0 Å². The number of aliphatic hydroxyl groups excluding tert-OH is 2. The van der Waals surface area contributed by atoms with Gasteiger partial charge in [-0.15, -0.1) is 0 Å². The van der Waals surface area contributed by atoms with Crippen molar-refractivity contribution < 1.29 is 76.6 Å². The van der Waals surface area contributed by atoms with Crippen molar-refractivity contribution in [2.75, 3.05) is 19.7 Å². The molecule has 6 unspecified atom stereocenters. The number of nitrogens with zero attached hydrogens (tertiary/aromatic N) is 3. The van der Waals surface area contributed by atoms with Gasteiger partial charge in [-0.1, -0.05) is 31.1 Å². The molecule has 0 radical (unpaired) electrons. The molecule has 6 atom stereocenters. The zero-order chi connectivity index (χ0) is 38.8. The summed E-state index contributed by atoms with van der Waals surface area (Å²) < 4.78 is 11.1. The fraction of sp³-hybridized carbons (Fsp3) is 0.639. The van der Waals surface area contributed by atoms with Crippen LogP contribution < -0.4 is 10.6 Å². The number of aliphatic imine (C=N–C) groups is 1. The van der Waals surface area contributed by atoms with Gasteiger partial charge in [-0.3, -0.25) is 24.9 Å². The molecule has 1 aromatic carbocycles. The number of hydrogen-bond donors (Lipinski definition) is 8. The van der Waals surface area contributed by atoms with Crippen LogP contribution in [0, 0.1) is 0 Å². The van der Waals surface area contributed by atoms with E-state index < -0.39 is 60.4 Å². The minimum atomic E-state index is -1.25. The fourth-order valence-corrected chi connectivity index (χ4v) is 5.91. The average Bonchev–Trinajstić information content (AvgIpc) is 3.55. The molecular formula is C36H55FeN5O12. The van der Waals surface area contributed by atoms with Crippen molar-refractivity contribution in [1.82, 2.24) is 20.8 Å². The summed E-state index contributed by atoms with van der Waals surface area (Å²) >= 11 is 0. The van der Waals surface area contributed by atoms with Crippen molar-refractivity contribution >= 4 is 29.7 Å². The van der Waals surface area contributed by atoms with Crippen LogP contribution in [0.2, 0.25) is 0 Å². The predicted molar refractivity (Wildman–Crippen MR) is 190 cm³/mol. The van der Waals surface area contributed by atoms with E-state index in [1.807, 2.05) is 0 Å². The third-order valence-corrected chi connectivity index (χ3v) is 8.88. The number of phenols is 1. The molecule has 17 nitrogen and oxygen atoms in total. The third kappa shape index (κ3) is 16.4. The monoisotopic (exact) mass is 805 g/mol. The number of carboxylic acid groups (broad SMARTS) is 1. The molecule has 1 aromatic rings. The molecule has 1 fully saturated rings. The first-order chi connectivity index (χ1) is 25.3. The van der Waals surface area contributed by atoms with Crippen LogP contribution in [-0.4, -0.2) is 127 Å². The molecule has 1 saturated heterocycles. The zero-order valence-electron chi connectivity index (χ0n) is 30.6. The van der Waals surface area contributed by atoms with E-state index in [1.54, 1.807) is 31.2 Å². The van der Waals surface area contributed by atoms with E-state index in [2.05, 4.69) is 15.6 Å². The van der Waals surface area contributed by atoms with E-state index in [0.717, 1.165) is 24.3 Å². The van der Waals surface area contributed by atoms with Gasteiger partial charge in [-0.25, -0.2) is 14.9 Å². The minimum absolute atomic E-state index is 0. The third-order valence-electron chi connectivity index (χ3n) is 8.88. The summed E-state index contributed by atoms with van der Waals surface area (Å²) in [5.74, 6) is -2.74. The summed E-state index contributed by atoms with van der Waals surface area (Å²) in [6.45, 7) is 1.70. The van der Waals surface area contributed by atoms with Gasteiger partial charge in [0.25, 0.3) is 5.91 Å². The Hall–Kier alpha value is -3.61. The van der Waals surface area contributed by atoms with Crippen LogP contribution in [0.3, 0.4) is 0 Å². The van der Waals surface area contributed by atoms with Crippen LogP contribution in [0.25, 0.3) is 0 Å². The maximum Gasteiger partial charge on any atom is 0.328 e. The van der Waals surface area contributed by atoms with Crippen LogP contribution in [0.5, 0.6) is 5.75 Å². The summed E-state index contributed by atoms with van der Waals surface area (Å²) in [4.78, 5) is 53.9. The molecule has 2 aliphatic heterocycles. The number of aliphatic hydroxyl groups is 2. The Morgan fingerprint density at radius 3 is 2.59 bits per heavy atom. The number of rotatable bonds is 23. The Morgan fingerprint density at radius 1 is 1.11 bits per heavy atom. The topological polar surface area (TPSA) is 251 Å². The SMILES string of the molecule is CC(CC(O)NC1CCCCN(O)C1=O)OC(=O)C(CCCCN(O)C(O)C=CCCCCCCC(=O)O)NC(=O)C1COC(c2ccccc2O)=N1.[Fe]. The van der Waals surface area contributed by atoms with Gasteiger partial charge in [0.2, 0.25) is 11.8 Å². The molecule has 0 saturated carbocycles. The largest absolute Gasteiger partial charge is 0.507 e. The maximum atomic E-state index is 13.4. The Balaban J connectivity index is 0.0000101. The van der Waals surface area contributed by atoms with Crippen molar-refractivity contribution in [2.24, 2.45) is 4.99 Å². The van der Waals surface area contributed by atoms with Gasteiger partial charge in [-0.05, 0) is 82.9 Å². The van der Waals surface area contributed by atoms with Crippen molar-refractivity contribution in [3.8, 4) is 5.75 Å². The average molecular weight is 806 g/mol. The molecule has 304 valence electrons. The number of hydrogen-bond acceptors (Lipinski definition) is 14. The second-order valence-corrected chi connectivity index (χ2v) is 13.4. The van der Waals surface area contributed by atoms with Gasteiger partial charge in [0.1, 0.15) is 37.0 Å². The molecule has 0 spiro atoms. The number of esters is 1. The van der Waals surface area contributed by atoms with E-state index in [4.69, 9.17) is 14.6 Å². The van der Waals surface area contributed by atoms with E-state index in [1.165, 1.54) is 12.1 Å². The number of benzene rings is 1. The number of carboxylic acids is 1. The second kappa shape index (κ2) is 24.7. The van der Waals surface area contributed by atoms with Crippen molar-refractivity contribution in [1.29, 1.82) is 0 Å². The first kappa shape index (κ1) is 46.5. The molecule has 54 heavy (non-hydrogen) atoms. The number of para-hydroxylation sites is 1. The summed E-state index contributed by atoms with van der Waals surface area (Å²) in [6.07, 6.45) is 6.19. The van der Waals surface area contributed by atoms with E-state index in [9.17, 15) is 44.9 Å². The standard InChI is InChI=1S/C36H55N5O12.Fe/c1-24(22-30(43)37-26-15-10-13-21-41(51)35(26)48)53-36(49)27(38-33(47)28-23-52-34(39-28)25-14-8-9-17-29(25)42)16-11-12-20-40(50)31(44)18-6-4-2-3-5-7-19-32(45)46;/h6,8-9,14,17-18,24,26-28,30-31,37,42-44,50-51H,2-5,7,10-13,15-16,19-23H2,1H3,(H,38,47)(H,45,46);. The van der Waals surface area contributed by atoms with E-state index >= 15 is 0 Å². The van der Waals surface area contributed by atoms with Gasteiger partial charge < -0.3 is 40.4 Å². The van der Waals surface area contributed by atoms with E-state index in [-0.39, 0.29) is 67.7 Å². The summed E-state index contributed by atoms with van der Waals surface area (Å²) in [7, 11) is 0. The molecule has 8 N–H and O–H groups in total. The Labute approximate surface area is 325 Å². The normalized spacial score (nSPS) is 19.6. The maximum absolute atomic E-state index is 13.4. The number of aliphatic carboxylic acids is 1. The Bertz CT molecular complexity index is 1400. The quantitative estimate of drug-likeness (QED) is 0.0150. The van der Waals surface area contributed by atoms with Crippen molar-refractivity contribution in [3.05, 3.63) is 42.0 Å². The number of aromatic hydroxyl groups is 1. The molecule has 0 aromatic heterocycles. The number of nitrogens with one attached hydrogen (secondary N) is 2. The van der Waals surface area contributed by atoms with E-state index in [0.29, 0.717) is 55.6 Å². The van der Waals surface area contributed by atoms with Gasteiger partial charge in [-0.2, -0.15) is 5.06 Å². The number of hydroxylamine groups is 4. The molecular weight excluding hydrogens is 750 g/mol.